The number of hydrogen-bond donors (Lipinski definition) is 2. The number of methoxy groups -OCH3 is 1. The second kappa shape index (κ2) is 5.40. The summed E-state index contributed by atoms with van der Waals surface area (Å²) < 4.78 is 5.11. The van der Waals surface area contributed by atoms with Gasteiger partial charge in [0.1, 0.15) is 11.6 Å². The molecule has 0 unspecified atom stereocenters. The zero-order chi connectivity index (χ0) is 13.0. The molecule has 94 valence electrons. The molecule has 0 saturated heterocycles. The summed E-state index contributed by atoms with van der Waals surface area (Å²) in [5, 5.41) is 3.26. The number of nitrogens with zero attached hydrogens (tertiary/aromatic N) is 1. The summed E-state index contributed by atoms with van der Waals surface area (Å²) in [6.45, 7) is 2.62. The number of aromatic nitrogens is 1. The normalized spacial score (nSPS) is 10.1. The topological polar surface area (TPSA) is 60.2 Å². The van der Waals surface area contributed by atoms with Crippen LogP contribution in [0.15, 0.2) is 36.4 Å². The van der Waals surface area contributed by atoms with E-state index in [4.69, 9.17) is 10.5 Å². The molecule has 0 bridgehead atoms. The molecule has 2 rings (SSSR count). The lowest BCUT2D eigenvalue weighted by atomic mass is 10.2. The van der Waals surface area contributed by atoms with E-state index in [1.807, 2.05) is 43.3 Å². The molecule has 1 aromatic carbocycles. The molecular weight excluding hydrogens is 226 g/mol. The van der Waals surface area contributed by atoms with E-state index in [1.165, 1.54) is 5.56 Å². The number of nitrogens with two attached hydrogens (primary N) is 1. The first-order valence-electron chi connectivity index (χ1n) is 5.79. The average Bonchev–Trinajstić information content (AvgIpc) is 2.41. The number of hydrogen-bond acceptors (Lipinski definition) is 4. The van der Waals surface area contributed by atoms with Gasteiger partial charge < -0.3 is 15.8 Å². The van der Waals surface area contributed by atoms with E-state index in [0.29, 0.717) is 5.69 Å². The van der Waals surface area contributed by atoms with Crippen LogP contribution < -0.4 is 15.8 Å². The zero-order valence-electron chi connectivity index (χ0n) is 10.6. The van der Waals surface area contributed by atoms with Crippen molar-refractivity contribution < 1.29 is 4.74 Å². The summed E-state index contributed by atoms with van der Waals surface area (Å²) >= 11 is 0. The van der Waals surface area contributed by atoms with Crippen LogP contribution in [0.5, 0.6) is 5.75 Å². The fourth-order valence-corrected chi connectivity index (χ4v) is 1.61. The highest BCUT2D eigenvalue weighted by atomic mass is 16.5. The molecule has 0 radical (unpaired) electrons. The van der Waals surface area contributed by atoms with Crippen LogP contribution in [0.3, 0.4) is 0 Å². The molecule has 0 aliphatic carbocycles. The molecule has 4 nitrogen and oxygen atoms in total. The maximum absolute atomic E-state index is 5.72. The SMILES string of the molecule is COc1ccc(CNc2ccc(N)c(C)n2)cc1. The van der Waals surface area contributed by atoms with Crippen molar-refractivity contribution in [2.75, 3.05) is 18.2 Å². The van der Waals surface area contributed by atoms with E-state index < -0.39 is 0 Å². The molecular formula is C14H17N3O. The summed E-state index contributed by atoms with van der Waals surface area (Å²) in [6, 6.07) is 11.7. The van der Waals surface area contributed by atoms with E-state index in [1.54, 1.807) is 7.11 Å². The van der Waals surface area contributed by atoms with Gasteiger partial charge in [0.05, 0.1) is 18.5 Å². The summed E-state index contributed by atoms with van der Waals surface area (Å²) in [5.41, 5.74) is 8.45. The molecule has 0 atom stereocenters. The predicted octanol–water partition coefficient (Wildman–Crippen LogP) is 2.59. The molecule has 4 heteroatoms. The van der Waals surface area contributed by atoms with Gasteiger partial charge in [0.25, 0.3) is 0 Å². The average molecular weight is 243 g/mol. The van der Waals surface area contributed by atoms with Crippen molar-refractivity contribution >= 4 is 11.5 Å². The Hall–Kier alpha value is -2.23. The Morgan fingerprint density at radius 3 is 2.50 bits per heavy atom. The number of pyridine rings is 1. The van der Waals surface area contributed by atoms with Crippen LogP contribution in [0.2, 0.25) is 0 Å². The van der Waals surface area contributed by atoms with Crippen molar-refractivity contribution in [3.63, 3.8) is 0 Å². The van der Waals surface area contributed by atoms with E-state index in [0.717, 1.165) is 23.8 Å². The van der Waals surface area contributed by atoms with E-state index in [-0.39, 0.29) is 0 Å². The number of ether oxygens (including phenoxy) is 1. The van der Waals surface area contributed by atoms with Gasteiger partial charge in [-0.1, -0.05) is 12.1 Å². The van der Waals surface area contributed by atoms with Crippen LogP contribution in [0.1, 0.15) is 11.3 Å². The minimum Gasteiger partial charge on any atom is -0.497 e. The number of rotatable bonds is 4. The summed E-state index contributed by atoms with van der Waals surface area (Å²) in [5.74, 6) is 1.69. The van der Waals surface area contributed by atoms with E-state index in [2.05, 4.69) is 10.3 Å². The molecule has 3 N–H and O–H groups in total. The van der Waals surface area contributed by atoms with Crippen molar-refractivity contribution in [3.8, 4) is 5.75 Å². The maximum atomic E-state index is 5.72. The first-order valence-corrected chi connectivity index (χ1v) is 5.79. The highest BCUT2D eigenvalue weighted by Gasteiger charge is 1.99. The van der Waals surface area contributed by atoms with Gasteiger partial charge in [0.2, 0.25) is 0 Å². The van der Waals surface area contributed by atoms with Gasteiger partial charge in [-0.3, -0.25) is 0 Å². The summed E-state index contributed by atoms with van der Waals surface area (Å²) in [7, 11) is 1.66. The van der Waals surface area contributed by atoms with Crippen LogP contribution in [0, 0.1) is 6.92 Å². The first-order chi connectivity index (χ1) is 8.69. The molecule has 1 aromatic heterocycles. The Morgan fingerprint density at radius 1 is 1.17 bits per heavy atom. The van der Waals surface area contributed by atoms with E-state index >= 15 is 0 Å². The standard InChI is InChI=1S/C14H17N3O/c1-10-13(15)7-8-14(17-10)16-9-11-3-5-12(18-2)6-4-11/h3-8H,9,15H2,1-2H3,(H,16,17). The van der Waals surface area contributed by atoms with Crippen molar-refractivity contribution in [1.29, 1.82) is 0 Å². The lowest BCUT2D eigenvalue weighted by Gasteiger charge is -2.08. The summed E-state index contributed by atoms with van der Waals surface area (Å²) in [4.78, 5) is 4.36. The molecule has 2 aromatic rings. The number of nitrogen functional groups attached to an aromatic ring is 1. The molecule has 0 fully saturated rings. The monoisotopic (exact) mass is 243 g/mol. The Kier molecular flexibility index (Phi) is 3.67. The third-order valence-electron chi connectivity index (χ3n) is 2.76. The molecule has 0 saturated carbocycles. The smallest absolute Gasteiger partial charge is 0.126 e. The predicted molar refractivity (Wildman–Crippen MR) is 73.7 cm³/mol. The van der Waals surface area contributed by atoms with Crippen LogP contribution >= 0.6 is 0 Å². The quantitative estimate of drug-likeness (QED) is 0.866. The summed E-state index contributed by atoms with van der Waals surface area (Å²) in [6.07, 6.45) is 0. The third-order valence-corrected chi connectivity index (χ3v) is 2.76. The highest BCUT2D eigenvalue weighted by Crippen LogP contribution is 2.14. The Bertz CT molecular complexity index is 523. The van der Waals surface area contributed by atoms with Gasteiger partial charge in [-0.25, -0.2) is 4.98 Å². The van der Waals surface area contributed by atoms with E-state index in [9.17, 15) is 0 Å². The fourth-order valence-electron chi connectivity index (χ4n) is 1.61. The fraction of sp³-hybridized carbons (Fsp3) is 0.214. The van der Waals surface area contributed by atoms with Gasteiger partial charge in [-0.15, -0.1) is 0 Å². The van der Waals surface area contributed by atoms with Gasteiger partial charge in [-0.2, -0.15) is 0 Å². The highest BCUT2D eigenvalue weighted by molar-refractivity contribution is 5.49. The second-order valence-electron chi connectivity index (χ2n) is 4.07. The van der Waals surface area contributed by atoms with Gasteiger partial charge in [0.15, 0.2) is 0 Å². The van der Waals surface area contributed by atoms with Crippen molar-refractivity contribution in [2.45, 2.75) is 13.5 Å². The van der Waals surface area contributed by atoms with Crippen LogP contribution in [-0.2, 0) is 6.54 Å². The molecule has 1 heterocycles. The van der Waals surface area contributed by atoms with Crippen molar-refractivity contribution in [3.05, 3.63) is 47.7 Å². The number of benzene rings is 1. The third kappa shape index (κ3) is 2.91. The second-order valence-corrected chi connectivity index (χ2v) is 4.07. The minimum atomic E-state index is 0.713. The number of aryl methyl sites for hydroxylation is 1. The number of nitrogens with one attached hydrogen (secondary N) is 1. The van der Waals surface area contributed by atoms with Crippen LogP contribution in [0.25, 0.3) is 0 Å². The lowest BCUT2D eigenvalue weighted by Crippen LogP contribution is -2.03. The minimum absolute atomic E-state index is 0.713. The van der Waals surface area contributed by atoms with Gasteiger partial charge >= 0.3 is 0 Å². The van der Waals surface area contributed by atoms with Crippen molar-refractivity contribution in [1.82, 2.24) is 4.98 Å². The van der Waals surface area contributed by atoms with Gasteiger partial charge in [0, 0.05) is 6.54 Å². The molecule has 18 heavy (non-hydrogen) atoms. The Balaban J connectivity index is 1.99. The molecule has 0 spiro atoms. The van der Waals surface area contributed by atoms with Crippen molar-refractivity contribution in [2.24, 2.45) is 0 Å². The molecule has 0 aliphatic rings. The zero-order valence-corrected chi connectivity index (χ0v) is 10.6. The largest absolute Gasteiger partial charge is 0.497 e. The molecule has 0 aliphatic heterocycles. The first kappa shape index (κ1) is 12.2. The van der Waals surface area contributed by atoms with Gasteiger partial charge in [-0.05, 0) is 36.8 Å². The van der Waals surface area contributed by atoms with Crippen LogP contribution in [0.4, 0.5) is 11.5 Å². The van der Waals surface area contributed by atoms with Crippen LogP contribution in [-0.4, -0.2) is 12.1 Å². The Labute approximate surface area is 107 Å². The maximum Gasteiger partial charge on any atom is 0.126 e. The molecule has 0 amide bonds. The Morgan fingerprint density at radius 2 is 1.89 bits per heavy atom. The number of anilines is 2. The lowest BCUT2D eigenvalue weighted by molar-refractivity contribution is 0.414.